The molecule has 6 rings (SSSR count). The van der Waals surface area contributed by atoms with Crippen molar-refractivity contribution in [3.63, 3.8) is 0 Å². The van der Waals surface area contributed by atoms with Gasteiger partial charge in [-0.25, -0.2) is 14.7 Å². The molecule has 2 aromatic heterocycles. The largest absolute Gasteiger partial charge is 0.494 e. The van der Waals surface area contributed by atoms with Crippen LogP contribution in [0.2, 0.25) is 0 Å². The Morgan fingerprint density at radius 2 is 1.82 bits per heavy atom. The van der Waals surface area contributed by atoms with Gasteiger partial charge in [0.25, 0.3) is 0 Å². The van der Waals surface area contributed by atoms with Crippen molar-refractivity contribution < 1.29 is 27.5 Å². The number of likely N-dealkylation sites (N-methyl/N-ethyl adjacent to an activating group) is 1. The number of amides is 3. The number of nitrogens with zero attached hydrogens (tertiary/aromatic N) is 9. The van der Waals surface area contributed by atoms with Gasteiger partial charge in [-0.05, 0) is 32.0 Å². The summed E-state index contributed by atoms with van der Waals surface area (Å²) in [6.45, 7) is 7.66. The molecule has 262 valence electrons. The summed E-state index contributed by atoms with van der Waals surface area (Å²) in [4.78, 5) is 43.8. The third-order valence-electron chi connectivity index (χ3n) is 9.06. The number of ether oxygens (including phenoxy) is 1. The van der Waals surface area contributed by atoms with Crippen LogP contribution >= 0.6 is 0 Å². The number of rotatable bonds is 9. The van der Waals surface area contributed by atoms with Crippen LogP contribution < -0.4 is 25.2 Å². The molecule has 2 saturated heterocycles. The van der Waals surface area contributed by atoms with Crippen LogP contribution in [0.4, 0.5) is 52.5 Å². The number of carbonyl (C=O) groups excluding carboxylic acids is 2. The highest BCUT2D eigenvalue weighted by atomic mass is 19.4. The predicted octanol–water partition coefficient (Wildman–Crippen LogP) is 3.94. The number of methoxy groups -OCH3 is 1. The van der Waals surface area contributed by atoms with Crippen LogP contribution in [0.3, 0.4) is 0 Å². The number of halogens is 3. The number of aryl methyl sites for hydroxylation is 1. The standard InChI is InChI=1S/C32H40F3N11O3/c1-5-28(47)38-24-14-25(27(49-4)15-26(24)44-8-6-22(7-9-44)43-12-10-41(2)11-13-43)39-30-36-16-21-18-45(20-32(33,34)35)31(48)46(29(21)40-30)23-17-37-42(3)19-23/h5,14-17,19,22H,1,6-13,18,20H2,2-4H3,(H,38,47)(H,36,39,40). The van der Waals surface area contributed by atoms with Gasteiger partial charge in [0.15, 0.2) is 5.82 Å². The summed E-state index contributed by atoms with van der Waals surface area (Å²) in [7, 11) is 5.31. The fraction of sp³-hybridized carbons (Fsp3) is 0.469. The lowest BCUT2D eigenvalue weighted by Gasteiger charge is -2.43. The van der Waals surface area contributed by atoms with E-state index in [-0.39, 0.29) is 29.9 Å². The van der Waals surface area contributed by atoms with E-state index < -0.39 is 18.8 Å². The van der Waals surface area contributed by atoms with Gasteiger partial charge < -0.3 is 30.1 Å². The Bertz CT molecular complexity index is 1700. The lowest BCUT2D eigenvalue weighted by Crippen LogP contribution is -2.52. The van der Waals surface area contributed by atoms with Gasteiger partial charge in [-0.15, -0.1) is 0 Å². The Morgan fingerprint density at radius 3 is 2.45 bits per heavy atom. The fourth-order valence-corrected chi connectivity index (χ4v) is 6.53. The zero-order valence-electron chi connectivity index (χ0n) is 27.7. The molecule has 0 radical (unpaired) electrons. The maximum Gasteiger partial charge on any atom is 0.406 e. The quantitative estimate of drug-likeness (QED) is 0.321. The van der Waals surface area contributed by atoms with E-state index in [0.29, 0.717) is 33.6 Å². The summed E-state index contributed by atoms with van der Waals surface area (Å²) in [5.41, 5.74) is 2.31. The molecule has 5 heterocycles. The molecule has 0 unspecified atom stereocenters. The lowest BCUT2D eigenvalue weighted by atomic mass is 10.0. The minimum Gasteiger partial charge on any atom is -0.494 e. The molecule has 3 amide bonds. The molecule has 3 aliphatic rings. The third kappa shape index (κ3) is 7.57. The molecular formula is C32H40F3N11O3. The van der Waals surface area contributed by atoms with Crippen LogP contribution in [0.25, 0.3) is 0 Å². The molecule has 2 fully saturated rings. The molecule has 17 heteroatoms. The topological polar surface area (TPSA) is 127 Å². The monoisotopic (exact) mass is 683 g/mol. The second kappa shape index (κ2) is 13.9. The van der Waals surface area contributed by atoms with Crippen molar-refractivity contribution in [3.05, 3.63) is 48.9 Å². The van der Waals surface area contributed by atoms with E-state index in [1.807, 2.05) is 6.07 Å². The van der Waals surface area contributed by atoms with E-state index in [9.17, 15) is 22.8 Å². The first-order valence-electron chi connectivity index (χ1n) is 16.0. The number of nitrogens with one attached hydrogen (secondary N) is 2. The predicted molar refractivity (Wildman–Crippen MR) is 179 cm³/mol. The van der Waals surface area contributed by atoms with Crippen LogP contribution in [-0.4, -0.2) is 119 Å². The van der Waals surface area contributed by atoms with Crippen molar-refractivity contribution in [2.45, 2.75) is 31.6 Å². The summed E-state index contributed by atoms with van der Waals surface area (Å²) >= 11 is 0. The number of piperidine rings is 1. The van der Waals surface area contributed by atoms with Gasteiger partial charge in [0.1, 0.15) is 12.3 Å². The van der Waals surface area contributed by atoms with Gasteiger partial charge >= 0.3 is 12.2 Å². The van der Waals surface area contributed by atoms with Crippen molar-refractivity contribution >= 4 is 46.5 Å². The molecular weight excluding hydrogens is 643 g/mol. The number of urea groups is 1. The fourth-order valence-electron chi connectivity index (χ4n) is 6.53. The number of alkyl halides is 3. The highest BCUT2D eigenvalue weighted by molar-refractivity contribution is 6.02. The van der Waals surface area contributed by atoms with E-state index in [4.69, 9.17) is 4.74 Å². The first-order chi connectivity index (χ1) is 23.4. The summed E-state index contributed by atoms with van der Waals surface area (Å²) in [6, 6.07) is 3.17. The average Bonchev–Trinajstić information content (AvgIpc) is 3.50. The van der Waals surface area contributed by atoms with E-state index >= 15 is 0 Å². The zero-order chi connectivity index (χ0) is 34.9. The average molecular weight is 684 g/mol. The maximum atomic E-state index is 13.4. The van der Waals surface area contributed by atoms with Crippen molar-refractivity contribution in [1.29, 1.82) is 0 Å². The van der Waals surface area contributed by atoms with Gasteiger partial charge in [0, 0.05) is 76.4 Å². The van der Waals surface area contributed by atoms with Crippen molar-refractivity contribution in [3.8, 4) is 5.75 Å². The molecule has 3 aromatic rings. The molecule has 2 N–H and O–H groups in total. The number of fused-ring (bicyclic) bond motifs is 1. The van der Waals surface area contributed by atoms with Crippen molar-refractivity contribution in [2.24, 2.45) is 7.05 Å². The lowest BCUT2D eigenvalue weighted by molar-refractivity contribution is -0.140. The van der Waals surface area contributed by atoms with Crippen molar-refractivity contribution in [2.75, 3.05) is 80.4 Å². The van der Waals surface area contributed by atoms with Crippen LogP contribution in [0, 0.1) is 0 Å². The molecule has 0 saturated carbocycles. The molecule has 14 nitrogen and oxygen atoms in total. The Hall–Kier alpha value is -4.90. The molecule has 49 heavy (non-hydrogen) atoms. The SMILES string of the molecule is C=CC(=O)Nc1cc(Nc2ncc3c(n2)N(c2cnn(C)c2)C(=O)N(CC(F)(F)F)C3)c(OC)cc1N1CCC(N2CCN(C)CC2)CC1. The third-order valence-corrected chi connectivity index (χ3v) is 9.06. The number of benzene rings is 1. The van der Waals surface area contributed by atoms with Gasteiger partial charge in [-0.3, -0.25) is 14.4 Å². The summed E-state index contributed by atoms with van der Waals surface area (Å²) < 4.78 is 47.3. The molecule has 0 bridgehead atoms. The maximum absolute atomic E-state index is 13.4. The van der Waals surface area contributed by atoms with Crippen LogP contribution in [0.5, 0.6) is 5.75 Å². The number of anilines is 6. The molecule has 3 aliphatic heterocycles. The van der Waals surface area contributed by atoms with Gasteiger partial charge in [0.05, 0.1) is 42.6 Å². The molecule has 0 spiro atoms. The highest BCUT2D eigenvalue weighted by Crippen LogP contribution is 2.41. The first kappa shape index (κ1) is 34.0. The Balaban J connectivity index is 1.29. The van der Waals surface area contributed by atoms with Gasteiger partial charge in [-0.1, -0.05) is 6.58 Å². The van der Waals surface area contributed by atoms with Crippen LogP contribution in [0.1, 0.15) is 18.4 Å². The van der Waals surface area contributed by atoms with Crippen LogP contribution in [-0.2, 0) is 18.4 Å². The second-order valence-electron chi connectivity index (χ2n) is 12.4. The summed E-state index contributed by atoms with van der Waals surface area (Å²) in [5.74, 6) is 0.243. The Morgan fingerprint density at radius 1 is 1.08 bits per heavy atom. The van der Waals surface area contributed by atoms with E-state index in [1.165, 1.54) is 36.5 Å². The van der Waals surface area contributed by atoms with E-state index in [0.717, 1.165) is 62.7 Å². The zero-order valence-corrected chi connectivity index (χ0v) is 27.7. The number of hydrogen-bond acceptors (Lipinski definition) is 10. The summed E-state index contributed by atoms with van der Waals surface area (Å²) in [6.07, 6.45) is 2.83. The Kier molecular flexibility index (Phi) is 9.65. The van der Waals surface area contributed by atoms with Gasteiger partial charge in [-0.2, -0.15) is 23.3 Å². The summed E-state index contributed by atoms with van der Waals surface area (Å²) in [5, 5.41) is 10.1. The van der Waals surface area contributed by atoms with Crippen LogP contribution in [0.15, 0.2) is 43.4 Å². The van der Waals surface area contributed by atoms with Gasteiger partial charge in [0.2, 0.25) is 11.9 Å². The molecule has 0 aliphatic carbocycles. The molecule has 1 aromatic carbocycles. The smallest absolute Gasteiger partial charge is 0.406 e. The molecule has 0 atom stereocenters. The number of hydrogen-bond donors (Lipinski definition) is 2. The minimum absolute atomic E-state index is 0.0600. The Labute approximate surface area is 282 Å². The minimum atomic E-state index is -4.60. The second-order valence-corrected chi connectivity index (χ2v) is 12.4. The first-order valence-corrected chi connectivity index (χ1v) is 16.0. The number of carbonyl (C=O) groups is 2. The van der Waals surface area contributed by atoms with E-state index in [2.05, 4.69) is 54.0 Å². The highest BCUT2D eigenvalue weighted by Gasteiger charge is 2.40. The number of aromatic nitrogens is 4. The van der Waals surface area contributed by atoms with Crippen molar-refractivity contribution in [1.82, 2.24) is 34.4 Å². The van der Waals surface area contributed by atoms with E-state index in [1.54, 1.807) is 13.1 Å². The number of piperazine rings is 1. The normalized spacial score (nSPS) is 18.0.